The summed E-state index contributed by atoms with van der Waals surface area (Å²) in [5.74, 6) is 0.0738. The summed E-state index contributed by atoms with van der Waals surface area (Å²) in [6.07, 6.45) is 3.01. The zero-order valence-electron chi connectivity index (χ0n) is 12.8. The van der Waals surface area contributed by atoms with E-state index in [1.54, 1.807) is 25.1 Å². The lowest BCUT2D eigenvalue weighted by Gasteiger charge is -2.22. The predicted octanol–water partition coefficient (Wildman–Crippen LogP) is 2.61. The molecule has 0 bridgehead atoms. The molecule has 23 heavy (non-hydrogen) atoms. The molecule has 1 aromatic carbocycles. The second kappa shape index (κ2) is 6.04. The van der Waals surface area contributed by atoms with Gasteiger partial charge in [0.05, 0.1) is 18.8 Å². The molecule has 122 valence electrons. The Bertz CT molecular complexity index is 698. The van der Waals surface area contributed by atoms with Crippen LogP contribution >= 0.6 is 0 Å². The van der Waals surface area contributed by atoms with E-state index in [1.165, 1.54) is 18.4 Å². The Kier molecular flexibility index (Phi) is 4.09. The van der Waals surface area contributed by atoms with E-state index < -0.39 is 11.6 Å². The second-order valence-electron chi connectivity index (χ2n) is 6.01. The molecule has 2 aromatic rings. The van der Waals surface area contributed by atoms with Gasteiger partial charge in [0.25, 0.3) is 0 Å². The van der Waals surface area contributed by atoms with Gasteiger partial charge in [-0.3, -0.25) is 0 Å². The summed E-state index contributed by atoms with van der Waals surface area (Å²) in [7, 11) is 0. The summed E-state index contributed by atoms with van der Waals surface area (Å²) in [4.78, 5) is 12.1. The number of fused-ring (bicyclic) bond motifs is 1. The predicted molar refractivity (Wildman–Crippen MR) is 82.3 cm³/mol. The van der Waals surface area contributed by atoms with E-state index in [9.17, 15) is 14.3 Å². The molecule has 0 fully saturated rings. The van der Waals surface area contributed by atoms with Crippen LogP contribution in [0.15, 0.2) is 41.0 Å². The molecular weight excluding hydrogens is 299 g/mol. The third kappa shape index (κ3) is 3.37. The number of carbonyl (C=O) groups excluding carboxylic acids is 1. The van der Waals surface area contributed by atoms with Gasteiger partial charge in [-0.25, -0.2) is 9.18 Å². The highest BCUT2D eigenvalue weighted by Gasteiger charge is 2.28. The van der Waals surface area contributed by atoms with Gasteiger partial charge in [0.2, 0.25) is 0 Å². The van der Waals surface area contributed by atoms with Crippen molar-refractivity contribution in [3.63, 3.8) is 0 Å². The highest BCUT2D eigenvalue weighted by molar-refractivity contribution is 5.74. The minimum Gasteiger partial charge on any atom is -0.466 e. The van der Waals surface area contributed by atoms with Gasteiger partial charge in [0.1, 0.15) is 17.2 Å². The maximum atomic E-state index is 13.4. The zero-order chi connectivity index (χ0) is 16.4. The van der Waals surface area contributed by atoms with Crippen LogP contribution in [0.1, 0.15) is 36.3 Å². The van der Waals surface area contributed by atoms with Crippen molar-refractivity contribution in [2.24, 2.45) is 0 Å². The van der Waals surface area contributed by atoms with Crippen LogP contribution in [0.25, 0.3) is 0 Å². The number of hydrogen-bond acceptors (Lipinski definition) is 3. The van der Waals surface area contributed by atoms with Crippen LogP contribution in [0.5, 0.6) is 0 Å². The van der Waals surface area contributed by atoms with Crippen LogP contribution in [0.4, 0.5) is 9.18 Å². The SMILES string of the molecule is C[C@@](O)(CNC(=O)N[C@@H]1CCc2ccc(F)cc21)c1ccco1. The Labute approximate surface area is 133 Å². The summed E-state index contributed by atoms with van der Waals surface area (Å²) in [6, 6.07) is 7.36. The molecule has 3 rings (SSSR count). The van der Waals surface area contributed by atoms with Crippen LogP contribution < -0.4 is 10.6 Å². The normalized spacial score (nSPS) is 19.0. The van der Waals surface area contributed by atoms with Gasteiger partial charge in [-0.2, -0.15) is 0 Å². The largest absolute Gasteiger partial charge is 0.466 e. The number of benzene rings is 1. The Morgan fingerprint density at radius 1 is 1.48 bits per heavy atom. The molecule has 0 spiro atoms. The molecule has 6 heteroatoms. The molecular formula is C17H19FN2O3. The third-order valence-corrected chi connectivity index (χ3v) is 4.14. The van der Waals surface area contributed by atoms with Crippen molar-refractivity contribution in [2.75, 3.05) is 6.54 Å². The van der Waals surface area contributed by atoms with Gasteiger partial charge in [0, 0.05) is 0 Å². The lowest BCUT2D eigenvalue weighted by Crippen LogP contribution is -2.44. The topological polar surface area (TPSA) is 74.5 Å². The third-order valence-electron chi connectivity index (χ3n) is 4.14. The minimum atomic E-state index is -1.29. The van der Waals surface area contributed by atoms with Crippen molar-refractivity contribution >= 4 is 6.03 Å². The quantitative estimate of drug-likeness (QED) is 0.811. The maximum absolute atomic E-state index is 13.4. The van der Waals surface area contributed by atoms with E-state index in [0.29, 0.717) is 5.76 Å². The van der Waals surface area contributed by atoms with Crippen molar-refractivity contribution < 1.29 is 18.7 Å². The first-order valence-electron chi connectivity index (χ1n) is 7.55. The standard InChI is InChI=1S/C17H19FN2O3/c1-17(22,15-3-2-8-23-15)10-19-16(21)20-14-7-5-11-4-6-12(18)9-13(11)14/h2-4,6,8-9,14,22H,5,7,10H2,1H3,(H2,19,20,21)/t14-,17-/m1/s1. The Morgan fingerprint density at radius 2 is 2.30 bits per heavy atom. The van der Waals surface area contributed by atoms with E-state index >= 15 is 0 Å². The Morgan fingerprint density at radius 3 is 3.04 bits per heavy atom. The average Bonchev–Trinajstić information content (AvgIpc) is 3.16. The maximum Gasteiger partial charge on any atom is 0.315 e. The lowest BCUT2D eigenvalue weighted by molar-refractivity contribution is 0.0366. The molecule has 2 amide bonds. The molecule has 1 aromatic heterocycles. The molecule has 0 aliphatic heterocycles. The highest BCUT2D eigenvalue weighted by atomic mass is 19.1. The first-order valence-corrected chi connectivity index (χ1v) is 7.55. The molecule has 1 heterocycles. The number of urea groups is 1. The zero-order valence-corrected chi connectivity index (χ0v) is 12.8. The van der Waals surface area contributed by atoms with Gasteiger partial charge in [-0.15, -0.1) is 0 Å². The number of hydrogen-bond donors (Lipinski definition) is 3. The Hall–Kier alpha value is -2.34. The van der Waals surface area contributed by atoms with Gasteiger partial charge >= 0.3 is 6.03 Å². The second-order valence-corrected chi connectivity index (χ2v) is 6.01. The number of aliphatic hydroxyl groups is 1. The van der Waals surface area contributed by atoms with Crippen molar-refractivity contribution in [2.45, 2.75) is 31.4 Å². The van der Waals surface area contributed by atoms with Gasteiger partial charge in [-0.1, -0.05) is 6.07 Å². The molecule has 0 unspecified atom stereocenters. The number of furan rings is 1. The molecule has 1 aliphatic carbocycles. The first kappa shape index (κ1) is 15.6. The number of nitrogens with one attached hydrogen (secondary N) is 2. The number of halogens is 1. The van der Waals surface area contributed by atoms with Crippen molar-refractivity contribution in [3.05, 3.63) is 59.3 Å². The summed E-state index contributed by atoms with van der Waals surface area (Å²) in [6.45, 7) is 1.57. The van der Waals surface area contributed by atoms with Crippen LogP contribution in [0.2, 0.25) is 0 Å². The lowest BCUT2D eigenvalue weighted by atomic mass is 10.0. The highest BCUT2D eigenvalue weighted by Crippen LogP contribution is 2.31. The molecule has 0 saturated carbocycles. The minimum absolute atomic E-state index is 0.00900. The number of amides is 2. The van der Waals surface area contributed by atoms with E-state index in [2.05, 4.69) is 10.6 Å². The number of carbonyl (C=O) groups is 1. The van der Waals surface area contributed by atoms with E-state index in [-0.39, 0.29) is 18.4 Å². The van der Waals surface area contributed by atoms with Gasteiger partial charge in [0.15, 0.2) is 0 Å². The number of rotatable bonds is 4. The summed E-state index contributed by atoms with van der Waals surface area (Å²) < 4.78 is 18.5. The Balaban J connectivity index is 1.58. The molecule has 0 saturated heterocycles. The average molecular weight is 318 g/mol. The van der Waals surface area contributed by atoms with E-state index in [1.807, 2.05) is 0 Å². The fourth-order valence-corrected chi connectivity index (χ4v) is 2.86. The van der Waals surface area contributed by atoms with Gasteiger partial charge < -0.3 is 20.2 Å². The van der Waals surface area contributed by atoms with Crippen molar-refractivity contribution in [3.8, 4) is 0 Å². The molecule has 5 nitrogen and oxygen atoms in total. The van der Waals surface area contributed by atoms with Crippen molar-refractivity contribution in [1.82, 2.24) is 10.6 Å². The summed E-state index contributed by atoms with van der Waals surface area (Å²) in [5, 5.41) is 15.7. The fourth-order valence-electron chi connectivity index (χ4n) is 2.86. The molecule has 2 atom stereocenters. The van der Waals surface area contributed by atoms with Crippen LogP contribution in [0.3, 0.4) is 0 Å². The fraction of sp³-hybridized carbons (Fsp3) is 0.353. The smallest absolute Gasteiger partial charge is 0.315 e. The van der Waals surface area contributed by atoms with Crippen LogP contribution in [-0.4, -0.2) is 17.7 Å². The van der Waals surface area contributed by atoms with E-state index in [4.69, 9.17) is 4.42 Å². The van der Waals surface area contributed by atoms with E-state index in [0.717, 1.165) is 24.0 Å². The van der Waals surface area contributed by atoms with Crippen molar-refractivity contribution in [1.29, 1.82) is 0 Å². The van der Waals surface area contributed by atoms with Crippen LogP contribution in [0, 0.1) is 5.82 Å². The monoisotopic (exact) mass is 318 g/mol. The first-order chi connectivity index (χ1) is 11.0. The molecule has 1 aliphatic rings. The number of aryl methyl sites for hydroxylation is 1. The van der Waals surface area contributed by atoms with Crippen LogP contribution in [-0.2, 0) is 12.0 Å². The van der Waals surface area contributed by atoms with Gasteiger partial charge in [-0.05, 0) is 55.2 Å². The molecule has 0 radical (unpaired) electrons. The molecule has 3 N–H and O–H groups in total. The summed E-state index contributed by atoms with van der Waals surface area (Å²) >= 11 is 0. The summed E-state index contributed by atoms with van der Waals surface area (Å²) in [5.41, 5.74) is 0.581.